The summed E-state index contributed by atoms with van der Waals surface area (Å²) in [5.74, 6) is 1.50. The molecule has 6 heteroatoms. The lowest BCUT2D eigenvalue weighted by Crippen LogP contribution is -2.17. The van der Waals surface area contributed by atoms with E-state index in [9.17, 15) is 4.79 Å². The molecule has 6 nitrogen and oxygen atoms in total. The predicted molar refractivity (Wildman–Crippen MR) is 121 cm³/mol. The van der Waals surface area contributed by atoms with Gasteiger partial charge >= 0.3 is 0 Å². The maximum Gasteiger partial charge on any atom is 0.271 e. The SMILES string of the molecule is CCCOc1ccc(C(=O)N/N=C/c2cccc(OCc3ccccc3)c2)cc1OC. The van der Waals surface area contributed by atoms with Gasteiger partial charge in [0, 0.05) is 5.56 Å². The van der Waals surface area contributed by atoms with Crippen LogP contribution < -0.4 is 19.6 Å². The van der Waals surface area contributed by atoms with Crippen LogP contribution in [0.1, 0.15) is 34.8 Å². The number of hydrogen-bond donors (Lipinski definition) is 1. The Morgan fingerprint density at radius 2 is 1.81 bits per heavy atom. The highest BCUT2D eigenvalue weighted by molar-refractivity contribution is 5.95. The molecule has 0 saturated carbocycles. The van der Waals surface area contributed by atoms with E-state index in [-0.39, 0.29) is 5.91 Å². The molecular weight excluding hydrogens is 392 g/mol. The van der Waals surface area contributed by atoms with E-state index in [1.54, 1.807) is 31.5 Å². The fourth-order valence-electron chi connectivity index (χ4n) is 2.80. The summed E-state index contributed by atoms with van der Waals surface area (Å²) in [5.41, 5.74) is 4.87. The number of carbonyl (C=O) groups excluding carboxylic acids is 1. The van der Waals surface area contributed by atoms with Crippen LogP contribution in [0.5, 0.6) is 17.2 Å². The van der Waals surface area contributed by atoms with Gasteiger partial charge < -0.3 is 14.2 Å². The molecule has 160 valence electrons. The van der Waals surface area contributed by atoms with Gasteiger partial charge in [0.05, 0.1) is 19.9 Å². The first-order chi connectivity index (χ1) is 15.2. The minimum atomic E-state index is -0.340. The number of methoxy groups -OCH3 is 1. The first-order valence-corrected chi connectivity index (χ1v) is 10.1. The van der Waals surface area contributed by atoms with Crippen LogP contribution in [0.2, 0.25) is 0 Å². The van der Waals surface area contributed by atoms with Crippen LogP contribution in [0.3, 0.4) is 0 Å². The summed E-state index contributed by atoms with van der Waals surface area (Å²) in [5, 5.41) is 4.05. The van der Waals surface area contributed by atoms with Gasteiger partial charge in [-0.05, 0) is 47.9 Å². The number of hydrazone groups is 1. The summed E-state index contributed by atoms with van der Waals surface area (Å²) in [6.07, 6.45) is 2.46. The highest BCUT2D eigenvalue weighted by Crippen LogP contribution is 2.28. The van der Waals surface area contributed by atoms with Gasteiger partial charge in [-0.15, -0.1) is 0 Å². The van der Waals surface area contributed by atoms with E-state index in [0.29, 0.717) is 30.3 Å². The van der Waals surface area contributed by atoms with E-state index < -0.39 is 0 Å². The summed E-state index contributed by atoms with van der Waals surface area (Å²) in [6.45, 7) is 3.09. The van der Waals surface area contributed by atoms with E-state index in [1.165, 1.54) is 0 Å². The van der Waals surface area contributed by atoms with E-state index >= 15 is 0 Å². The Morgan fingerprint density at radius 3 is 2.58 bits per heavy atom. The molecule has 3 aromatic rings. The second kappa shape index (κ2) is 11.4. The van der Waals surface area contributed by atoms with Crippen molar-refractivity contribution in [2.45, 2.75) is 20.0 Å². The molecule has 0 spiro atoms. The Hall–Kier alpha value is -3.80. The number of amides is 1. The minimum absolute atomic E-state index is 0.340. The van der Waals surface area contributed by atoms with Crippen molar-refractivity contribution in [1.29, 1.82) is 0 Å². The Kier molecular flexibility index (Phi) is 8.05. The number of nitrogens with one attached hydrogen (secondary N) is 1. The lowest BCUT2D eigenvalue weighted by molar-refractivity contribution is 0.0954. The summed E-state index contributed by atoms with van der Waals surface area (Å²) in [7, 11) is 1.54. The second-order valence-corrected chi connectivity index (χ2v) is 6.76. The summed E-state index contributed by atoms with van der Waals surface area (Å²) >= 11 is 0. The van der Waals surface area contributed by atoms with Gasteiger partial charge in [0.2, 0.25) is 0 Å². The minimum Gasteiger partial charge on any atom is -0.493 e. The number of rotatable bonds is 10. The monoisotopic (exact) mass is 418 g/mol. The Bertz CT molecular complexity index is 1020. The Labute approximate surface area is 182 Å². The average Bonchev–Trinajstić information content (AvgIpc) is 2.82. The van der Waals surface area contributed by atoms with Crippen LogP contribution in [0.4, 0.5) is 0 Å². The molecule has 0 aliphatic rings. The lowest BCUT2D eigenvalue weighted by Gasteiger charge is -2.11. The molecule has 0 fully saturated rings. The zero-order chi connectivity index (χ0) is 21.9. The van der Waals surface area contributed by atoms with E-state index in [0.717, 1.165) is 23.3 Å². The van der Waals surface area contributed by atoms with Crippen molar-refractivity contribution in [3.05, 3.63) is 89.5 Å². The molecule has 3 rings (SSSR count). The van der Waals surface area contributed by atoms with Crippen LogP contribution in [0.15, 0.2) is 77.9 Å². The van der Waals surface area contributed by atoms with Crippen molar-refractivity contribution < 1.29 is 19.0 Å². The van der Waals surface area contributed by atoms with Gasteiger partial charge in [-0.25, -0.2) is 5.43 Å². The predicted octanol–water partition coefficient (Wildman–Crippen LogP) is 4.83. The quantitative estimate of drug-likeness (QED) is 0.378. The summed E-state index contributed by atoms with van der Waals surface area (Å²) in [4.78, 5) is 12.4. The van der Waals surface area contributed by atoms with E-state index in [2.05, 4.69) is 10.5 Å². The largest absolute Gasteiger partial charge is 0.493 e. The van der Waals surface area contributed by atoms with Crippen molar-refractivity contribution in [2.75, 3.05) is 13.7 Å². The van der Waals surface area contributed by atoms with Crippen molar-refractivity contribution >= 4 is 12.1 Å². The van der Waals surface area contributed by atoms with Crippen molar-refractivity contribution in [2.24, 2.45) is 5.10 Å². The molecular formula is C25H26N2O4. The zero-order valence-corrected chi connectivity index (χ0v) is 17.7. The Balaban J connectivity index is 1.58. The molecule has 31 heavy (non-hydrogen) atoms. The first-order valence-electron chi connectivity index (χ1n) is 10.1. The number of carbonyl (C=O) groups is 1. The van der Waals surface area contributed by atoms with Gasteiger partial charge in [-0.2, -0.15) is 5.10 Å². The molecule has 3 aromatic carbocycles. The van der Waals surface area contributed by atoms with E-state index in [1.807, 2.05) is 61.5 Å². The molecule has 0 aliphatic heterocycles. The summed E-state index contributed by atoms with van der Waals surface area (Å²) in [6, 6.07) is 22.5. The van der Waals surface area contributed by atoms with Crippen LogP contribution in [0.25, 0.3) is 0 Å². The fraction of sp³-hybridized carbons (Fsp3) is 0.200. The fourth-order valence-corrected chi connectivity index (χ4v) is 2.80. The Morgan fingerprint density at radius 1 is 0.968 bits per heavy atom. The molecule has 0 unspecified atom stereocenters. The highest BCUT2D eigenvalue weighted by atomic mass is 16.5. The van der Waals surface area contributed by atoms with Gasteiger partial charge in [-0.1, -0.05) is 49.4 Å². The van der Waals surface area contributed by atoms with Crippen molar-refractivity contribution in [3.63, 3.8) is 0 Å². The van der Waals surface area contributed by atoms with Crippen LogP contribution in [-0.2, 0) is 6.61 Å². The molecule has 1 amide bonds. The third kappa shape index (κ3) is 6.60. The van der Waals surface area contributed by atoms with Gasteiger partial charge in [0.25, 0.3) is 5.91 Å². The van der Waals surface area contributed by atoms with Crippen molar-refractivity contribution in [3.8, 4) is 17.2 Å². The molecule has 0 radical (unpaired) electrons. The number of nitrogens with zero attached hydrogens (tertiary/aromatic N) is 1. The zero-order valence-electron chi connectivity index (χ0n) is 17.7. The van der Waals surface area contributed by atoms with Crippen molar-refractivity contribution in [1.82, 2.24) is 5.43 Å². The van der Waals surface area contributed by atoms with Crippen LogP contribution in [-0.4, -0.2) is 25.8 Å². The number of benzene rings is 3. The normalized spacial score (nSPS) is 10.6. The maximum atomic E-state index is 12.4. The molecule has 1 N–H and O–H groups in total. The highest BCUT2D eigenvalue weighted by Gasteiger charge is 2.10. The number of hydrogen-bond acceptors (Lipinski definition) is 5. The van der Waals surface area contributed by atoms with Crippen LogP contribution in [0, 0.1) is 0 Å². The summed E-state index contributed by atoms with van der Waals surface area (Å²) < 4.78 is 16.7. The molecule has 0 heterocycles. The maximum absolute atomic E-state index is 12.4. The molecule has 0 atom stereocenters. The molecule has 0 aromatic heterocycles. The number of ether oxygens (including phenoxy) is 3. The van der Waals surface area contributed by atoms with Crippen LogP contribution >= 0.6 is 0 Å². The van der Waals surface area contributed by atoms with Gasteiger partial charge in [-0.3, -0.25) is 4.79 Å². The standard InChI is InChI=1S/C25H26N2O4/c1-3-14-30-23-13-12-21(16-24(23)29-2)25(28)27-26-17-20-10-7-11-22(15-20)31-18-19-8-5-4-6-9-19/h4-13,15-17H,3,14,18H2,1-2H3,(H,27,28)/b26-17+. The van der Waals surface area contributed by atoms with Gasteiger partial charge in [0.15, 0.2) is 11.5 Å². The molecule has 0 bridgehead atoms. The topological polar surface area (TPSA) is 69.2 Å². The molecule has 0 aliphatic carbocycles. The first kappa shape index (κ1) is 21.9. The second-order valence-electron chi connectivity index (χ2n) is 6.76. The molecule has 0 saturated heterocycles. The third-order valence-corrected chi connectivity index (χ3v) is 4.37. The lowest BCUT2D eigenvalue weighted by atomic mass is 10.2. The average molecular weight is 418 g/mol. The third-order valence-electron chi connectivity index (χ3n) is 4.37. The smallest absolute Gasteiger partial charge is 0.271 e. The van der Waals surface area contributed by atoms with Gasteiger partial charge in [0.1, 0.15) is 12.4 Å². The van der Waals surface area contributed by atoms with E-state index in [4.69, 9.17) is 14.2 Å².